The second-order valence-corrected chi connectivity index (χ2v) is 8.41. The number of Topliss-reactive ketones (excluding diaryl/α,β-unsaturated/α-hetero) is 1. The van der Waals surface area contributed by atoms with E-state index in [1.165, 1.54) is 19.2 Å². The molecule has 0 amide bonds. The molecule has 1 aliphatic heterocycles. The van der Waals surface area contributed by atoms with Crippen molar-refractivity contribution in [2.75, 3.05) is 17.7 Å². The minimum atomic E-state index is -0.788. The van der Waals surface area contributed by atoms with Crippen LogP contribution in [0.2, 0.25) is 0 Å². The highest BCUT2D eigenvalue weighted by Crippen LogP contribution is 2.47. The molecule has 1 unspecified atom stereocenters. The van der Waals surface area contributed by atoms with Crippen molar-refractivity contribution in [3.8, 4) is 11.5 Å². The van der Waals surface area contributed by atoms with Crippen LogP contribution in [0.4, 0.5) is 17.1 Å². The van der Waals surface area contributed by atoms with Gasteiger partial charge in [-0.3, -0.25) is 14.9 Å². The lowest BCUT2D eigenvalue weighted by atomic mass is 9.73. The number of carbonyl (C=O) groups excluding carboxylic acids is 1. The van der Waals surface area contributed by atoms with Crippen LogP contribution in [0.25, 0.3) is 0 Å². The summed E-state index contributed by atoms with van der Waals surface area (Å²) in [5.41, 5.74) is 2.52. The molecule has 0 saturated heterocycles. The Kier molecular flexibility index (Phi) is 4.64. The van der Waals surface area contributed by atoms with Gasteiger partial charge < -0.3 is 20.5 Å². The Balaban J connectivity index is 1.94. The Morgan fingerprint density at radius 3 is 2.53 bits per heavy atom. The van der Waals surface area contributed by atoms with Crippen LogP contribution < -0.4 is 20.5 Å². The number of fused-ring (bicyclic) bond motifs is 1. The molecule has 1 heterocycles. The molecule has 2 N–H and O–H groups in total. The molecule has 0 fully saturated rings. The smallest absolute Gasteiger partial charge is 0.265 e. The average molecular weight is 408 g/mol. The van der Waals surface area contributed by atoms with Crippen LogP contribution in [0.5, 0.6) is 11.5 Å². The first-order valence-electron chi connectivity index (χ1n) is 9.62. The van der Waals surface area contributed by atoms with Gasteiger partial charge in [0.25, 0.3) is 5.69 Å². The molecule has 0 bridgehead atoms. The number of nitrogens with one attached hydrogen (secondary N) is 2. The van der Waals surface area contributed by atoms with E-state index in [1.54, 1.807) is 0 Å². The maximum Gasteiger partial charge on any atom is 0.265 e. The Hall–Kier alpha value is -3.55. The number of nitro benzene ring substituents is 1. The Labute approximate surface area is 173 Å². The number of ether oxygens (including phenoxy) is 1. The predicted molar refractivity (Wildman–Crippen MR) is 111 cm³/mol. The number of para-hydroxylation sites is 2. The van der Waals surface area contributed by atoms with Gasteiger partial charge in [-0.15, -0.1) is 0 Å². The molecule has 2 aliphatic rings. The second-order valence-electron chi connectivity index (χ2n) is 8.41. The monoisotopic (exact) mass is 408 g/mol. The number of rotatable bonds is 3. The van der Waals surface area contributed by atoms with Gasteiger partial charge in [0.2, 0.25) is 0 Å². The second kappa shape index (κ2) is 7.05. The van der Waals surface area contributed by atoms with E-state index in [0.717, 1.165) is 17.1 Å². The fourth-order valence-corrected chi connectivity index (χ4v) is 4.20. The number of anilines is 2. The van der Waals surface area contributed by atoms with E-state index in [0.29, 0.717) is 24.0 Å². The molecule has 4 rings (SSSR count). The predicted octanol–water partition coefficient (Wildman–Crippen LogP) is 3.90. The van der Waals surface area contributed by atoms with Crippen molar-refractivity contribution in [3.63, 3.8) is 0 Å². The van der Waals surface area contributed by atoms with Gasteiger partial charge in [0, 0.05) is 29.5 Å². The van der Waals surface area contributed by atoms with Crippen molar-refractivity contribution in [1.29, 1.82) is 0 Å². The highest BCUT2D eigenvalue weighted by molar-refractivity contribution is 6.01. The van der Waals surface area contributed by atoms with Gasteiger partial charge in [-0.1, -0.05) is 26.0 Å². The molecule has 0 saturated carbocycles. The summed E-state index contributed by atoms with van der Waals surface area (Å²) in [5, 5.41) is 30.5. The van der Waals surface area contributed by atoms with Crippen LogP contribution in [-0.2, 0) is 4.79 Å². The van der Waals surface area contributed by atoms with E-state index in [-0.39, 0.29) is 16.9 Å². The molecule has 0 radical (unpaired) electrons. The number of benzene rings is 2. The lowest BCUT2D eigenvalue weighted by molar-refractivity contribution is -0.398. The largest absolute Gasteiger partial charge is 0.865 e. The third kappa shape index (κ3) is 3.34. The highest BCUT2D eigenvalue weighted by atomic mass is 16.6. The lowest BCUT2D eigenvalue weighted by Crippen LogP contribution is -2.31. The first kappa shape index (κ1) is 19.8. The first-order chi connectivity index (χ1) is 14.2. The molecule has 1 aliphatic carbocycles. The number of ketones is 1. The molecule has 8 heteroatoms. The molecule has 0 spiro atoms. The van der Waals surface area contributed by atoms with Crippen LogP contribution in [0.1, 0.15) is 38.3 Å². The SMILES string of the molecule is COc1cc(C2Nc3ccccc3NC3=C2C(=O)CC(C)(C)C3)cc([N+](=O)[O-])c1[O-]. The van der Waals surface area contributed by atoms with Crippen molar-refractivity contribution < 1.29 is 19.6 Å². The summed E-state index contributed by atoms with van der Waals surface area (Å²) in [7, 11) is 1.29. The van der Waals surface area contributed by atoms with E-state index in [9.17, 15) is 20.0 Å². The van der Waals surface area contributed by atoms with Crippen molar-refractivity contribution in [2.24, 2.45) is 5.41 Å². The number of nitrogens with zero attached hydrogens (tertiary/aromatic N) is 1. The number of allylic oxidation sites excluding steroid dienone is 1. The van der Waals surface area contributed by atoms with Gasteiger partial charge >= 0.3 is 0 Å². The van der Waals surface area contributed by atoms with Gasteiger partial charge in [-0.25, -0.2) is 0 Å². The summed E-state index contributed by atoms with van der Waals surface area (Å²) in [6.07, 6.45) is 1.01. The van der Waals surface area contributed by atoms with Gasteiger partial charge in [0.05, 0.1) is 29.4 Å². The highest BCUT2D eigenvalue weighted by Gasteiger charge is 2.39. The quantitative estimate of drug-likeness (QED) is 0.584. The Morgan fingerprint density at radius 1 is 1.17 bits per heavy atom. The molecule has 0 aromatic heterocycles. The van der Waals surface area contributed by atoms with Gasteiger partial charge in [-0.05, 0) is 35.6 Å². The van der Waals surface area contributed by atoms with Crippen LogP contribution in [0.3, 0.4) is 0 Å². The van der Waals surface area contributed by atoms with Gasteiger partial charge in [0.1, 0.15) is 5.75 Å². The first-order valence-corrected chi connectivity index (χ1v) is 9.62. The van der Waals surface area contributed by atoms with E-state index in [4.69, 9.17) is 4.74 Å². The third-order valence-corrected chi connectivity index (χ3v) is 5.53. The summed E-state index contributed by atoms with van der Waals surface area (Å²) in [4.78, 5) is 23.9. The molecular weight excluding hydrogens is 386 g/mol. The van der Waals surface area contributed by atoms with E-state index < -0.39 is 22.4 Å². The van der Waals surface area contributed by atoms with E-state index >= 15 is 0 Å². The number of carbonyl (C=O) groups is 1. The maximum absolute atomic E-state index is 13.2. The van der Waals surface area contributed by atoms with Gasteiger partial charge in [-0.2, -0.15) is 0 Å². The van der Waals surface area contributed by atoms with Crippen LogP contribution in [0.15, 0.2) is 47.7 Å². The van der Waals surface area contributed by atoms with Crippen molar-refractivity contribution in [3.05, 3.63) is 63.3 Å². The topological polar surface area (TPSA) is 117 Å². The molecular formula is C22H22N3O5-. The number of methoxy groups -OCH3 is 1. The fourth-order valence-electron chi connectivity index (χ4n) is 4.20. The lowest BCUT2D eigenvalue weighted by Gasteiger charge is -2.34. The third-order valence-electron chi connectivity index (χ3n) is 5.53. The Bertz CT molecular complexity index is 1090. The standard InChI is InChI=1S/C22H23N3O5/c1-22(2)10-15-19(17(26)11-22)20(24-14-7-5-4-6-13(14)23-15)12-8-16(25(28)29)21(27)18(9-12)30-3/h4-9,20,23-24,27H,10-11H2,1-3H3/p-1. The summed E-state index contributed by atoms with van der Waals surface area (Å²) in [6.45, 7) is 4.07. The van der Waals surface area contributed by atoms with Crippen LogP contribution >= 0.6 is 0 Å². The van der Waals surface area contributed by atoms with Crippen LogP contribution in [-0.4, -0.2) is 17.8 Å². The molecule has 30 heavy (non-hydrogen) atoms. The van der Waals surface area contributed by atoms with E-state index in [1.807, 2.05) is 38.1 Å². The number of hydrogen-bond donors (Lipinski definition) is 2. The van der Waals surface area contributed by atoms with Crippen molar-refractivity contribution in [2.45, 2.75) is 32.7 Å². The van der Waals surface area contributed by atoms with Crippen molar-refractivity contribution >= 4 is 22.8 Å². The van der Waals surface area contributed by atoms with Crippen molar-refractivity contribution in [1.82, 2.24) is 0 Å². The van der Waals surface area contributed by atoms with Gasteiger partial charge in [0.15, 0.2) is 5.78 Å². The summed E-state index contributed by atoms with van der Waals surface area (Å²) < 4.78 is 5.10. The summed E-state index contributed by atoms with van der Waals surface area (Å²) >= 11 is 0. The van der Waals surface area contributed by atoms with Crippen LogP contribution in [0, 0.1) is 15.5 Å². The average Bonchev–Trinajstić information content (AvgIpc) is 2.83. The molecule has 8 nitrogen and oxygen atoms in total. The zero-order valence-corrected chi connectivity index (χ0v) is 16.9. The molecule has 1 atom stereocenters. The maximum atomic E-state index is 13.2. The zero-order valence-electron chi connectivity index (χ0n) is 16.9. The molecule has 2 aromatic rings. The molecule has 156 valence electrons. The summed E-state index contributed by atoms with van der Waals surface area (Å²) in [6, 6.07) is 9.58. The van der Waals surface area contributed by atoms with E-state index in [2.05, 4.69) is 10.6 Å². The Morgan fingerprint density at radius 2 is 1.87 bits per heavy atom. The number of nitro groups is 1. The minimum absolute atomic E-state index is 0.0353. The normalized spacial score (nSPS) is 19.7. The zero-order chi connectivity index (χ0) is 21.6. The molecule has 2 aromatic carbocycles. The fraction of sp³-hybridized carbons (Fsp3) is 0.318. The minimum Gasteiger partial charge on any atom is -0.865 e. The number of hydrogen-bond acceptors (Lipinski definition) is 7. The summed E-state index contributed by atoms with van der Waals surface area (Å²) in [5.74, 6) is -0.951.